The van der Waals surface area contributed by atoms with Crippen LogP contribution in [0.2, 0.25) is 0 Å². The van der Waals surface area contributed by atoms with Gasteiger partial charge in [-0.05, 0) is 43.3 Å². The lowest BCUT2D eigenvalue weighted by atomic mass is 10.2. The van der Waals surface area contributed by atoms with E-state index in [1.807, 2.05) is 24.3 Å². The summed E-state index contributed by atoms with van der Waals surface area (Å²) in [5.74, 6) is 1.35. The number of aliphatic imine (C=N–C) groups is 1. The van der Waals surface area contributed by atoms with E-state index in [9.17, 15) is 9.90 Å². The number of nitrogens with one attached hydrogen (secondary N) is 1. The van der Waals surface area contributed by atoms with Crippen LogP contribution in [0.1, 0.15) is 11.3 Å². The van der Waals surface area contributed by atoms with Gasteiger partial charge in [0.25, 0.3) is 0 Å². The van der Waals surface area contributed by atoms with Gasteiger partial charge in [-0.3, -0.25) is 15.1 Å². The second-order valence-corrected chi connectivity index (χ2v) is 6.00. The first-order valence-electron chi connectivity index (χ1n) is 8.41. The average Bonchev–Trinajstić information content (AvgIpc) is 3.18. The fourth-order valence-electron chi connectivity index (χ4n) is 2.58. The Morgan fingerprint density at radius 2 is 2.00 bits per heavy atom. The maximum Gasteiger partial charge on any atom is 0.348 e. The van der Waals surface area contributed by atoms with Crippen LogP contribution >= 0.6 is 0 Å². The highest BCUT2D eigenvalue weighted by molar-refractivity contribution is 5.84. The van der Waals surface area contributed by atoms with Gasteiger partial charge in [-0.2, -0.15) is 5.10 Å². The molecule has 0 saturated heterocycles. The monoisotopic (exact) mass is 373 g/mol. The molecule has 3 aromatic heterocycles. The van der Waals surface area contributed by atoms with Crippen LogP contribution in [-0.2, 0) is 0 Å². The molecule has 0 radical (unpaired) electrons. The summed E-state index contributed by atoms with van der Waals surface area (Å²) >= 11 is 0. The van der Waals surface area contributed by atoms with Crippen molar-refractivity contribution in [1.82, 2.24) is 20.2 Å². The standard InChI is InChI=1S/C20H15N5O3/c1-12-9-17(26)16(20(27)28-12)11-22-15-6-4-13(5-7-15)18-23-19(25-24-18)14-3-2-8-21-10-14/h2-11,26H,1H3,(H,23,24,25). The highest BCUT2D eigenvalue weighted by atomic mass is 16.4. The number of aromatic amines is 1. The molecule has 2 N–H and O–H groups in total. The molecule has 0 atom stereocenters. The van der Waals surface area contributed by atoms with Gasteiger partial charge in [0.05, 0.1) is 5.69 Å². The van der Waals surface area contributed by atoms with Crippen molar-refractivity contribution in [2.75, 3.05) is 0 Å². The normalized spacial score (nSPS) is 11.2. The molecule has 28 heavy (non-hydrogen) atoms. The molecule has 0 fully saturated rings. The smallest absolute Gasteiger partial charge is 0.348 e. The van der Waals surface area contributed by atoms with Crippen LogP contribution < -0.4 is 5.63 Å². The number of pyridine rings is 1. The van der Waals surface area contributed by atoms with Crippen molar-refractivity contribution in [3.8, 4) is 28.5 Å². The Morgan fingerprint density at radius 1 is 1.18 bits per heavy atom. The van der Waals surface area contributed by atoms with E-state index in [0.29, 0.717) is 23.1 Å². The zero-order valence-corrected chi connectivity index (χ0v) is 14.8. The van der Waals surface area contributed by atoms with Crippen LogP contribution in [0.3, 0.4) is 0 Å². The Kier molecular flexibility index (Phi) is 4.51. The molecule has 0 aliphatic carbocycles. The van der Waals surface area contributed by atoms with E-state index in [1.54, 1.807) is 31.5 Å². The molecule has 0 aliphatic heterocycles. The first-order valence-corrected chi connectivity index (χ1v) is 8.41. The van der Waals surface area contributed by atoms with Gasteiger partial charge in [-0.25, -0.2) is 9.78 Å². The van der Waals surface area contributed by atoms with E-state index in [1.165, 1.54) is 12.3 Å². The first kappa shape index (κ1) is 17.3. The SMILES string of the molecule is Cc1cc(O)c(C=Nc2ccc(-c3nc(-c4cccnc4)n[nH]3)cc2)c(=O)o1. The molecule has 0 spiro atoms. The number of aryl methyl sites for hydroxylation is 1. The van der Waals surface area contributed by atoms with Gasteiger partial charge in [0.2, 0.25) is 0 Å². The third-order valence-electron chi connectivity index (χ3n) is 3.98. The summed E-state index contributed by atoms with van der Waals surface area (Å²) in [6, 6.07) is 12.3. The minimum absolute atomic E-state index is 0.00558. The average molecular weight is 373 g/mol. The highest BCUT2D eigenvalue weighted by Gasteiger charge is 2.09. The van der Waals surface area contributed by atoms with Crippen LogP contribution in [0.25, 0.3) is 22.8 Å². The second kappa shape index (κ2) is 7.28. The van der Waals surface area contributed by atoms with Crippen LogP contribution in [0.15, 0.2) is 69.1 Å². The van der Waals surface area contributed by atoms with Gasteiger partial charge in [0.1, 0.15) is 17.1 Å². The molecular weight excluding hydrogens is 358 g/mol. The van der Waals surface area contributed by atoms with Crippen LogP contribution in [0.5, 0.6) is 5.75 Å². The summed E-state index contributed by atoms with van der Waals surface area (Å²) in [4.78, 5) is 24.5. The predicted molar refractivity (Wildman–Crippen MR) is 104 cm³/mol. The topological polar surface area (TPSA) is 117 Å². The fourth-order valence-corrected chi connectivity index (χ4v) is 2.58. The maximum absolute atomic E-state index is 11.8. The van der Waals surface area contributed by atoms with Crippen molar-refractivity contribution in [2.45, 2.75) is 6.92 Å². The molecule has 1 aromatic carbocycles. The number of rotatable bonds is 4. The molecule has 8 nitrogen and oxygen atoms in total. The zero-order valence-electron chi connectivity index (χ0n) is 14.8. The van der Waals surface area contributed by atoms with Gasteiger partial charge in [0.15, 0.2) is 11.6 Å². The summed E-state index contributed by atoms with van der Waals surface area (Å²) in [7, 11) is 0. The van der Waals surface area contributed by atoms with Crippen molar-refractivity contribution >= 4 is 11.9 Å². The third-order valence-corrected chi connectivity index (χ3v) is 3.98. The summed E-state index contributed by atoms with van der Waals surface area (Å²) in [5.41, 5.74) is 1.63. The van der Waals surface area contributed by atoms with Crippen molar-refractivity contribution in [2.24, 2.45) is 4.99 Å². The molecule has 0 amide bonds. The number of H-pyrrole nitrogens is 1. The molecular formula is C20H15N5O3. The van der Waals surface area contributed by atoms with Gasteiger partial charge < -0.3 is 9.52 Å². The van der Waals surface area contributed by atoms with Crippen molar-refractivity contribution < 1.29 is 9.52 Å². The quantitative estimate of drug-likeness (QED) is 0.530. The van der Waals surface area contributed by atoms with Gasteiger partial charge >= 0.3 is 5.63 Å². The highest BCUT2D eigenvalue weighted by Crippen LogP contribution is 2.22. The van der Waals surface area contributed by atoms with Crippen molar-refractivity contribution in [3.63, 3.8) is 0 Å². The van der Waals surface area contributed by atoms with Crippen LogP contribution in [-0.4, -0.2) is 31.5 Å². The summed E-state index contributed by atoms with van der Waals surface area (Å²) in [6.45, 7) is 1.59. The van der Waals surface area contributed by atoms with Gasteiger partial charge in [0, 0.05) is 35.8 Å². The number of aromatic hydroxyl groups is 1. The van der Waals surface area contributed by atoms with Gasteiger partial charge in [-0.1, -0.05) is 0 Å². The van der Waals surface area contributed by atoms with E-state index in [2.05, 4.69) is 25.2 Å². The molecule has 4 aromatic rings. The Balaban J connectivity index is 1.55. The Morgan fingerprint density at radius 3 is 2.71 bits per heavy atom. The minimum atomic E-state index is -0.637. The number of hydrogen-bond donors (Lipinski definition) is 2. The molecule has 0 aliphatic rings. The summed E-state index contributed by atoms with van der Waals surface area (Å²) in [5, 5.41) is 17.0. The predicted octanol–water partition coefficient (Wildman–Crippen LogP) is 3.25. The van der Waals surface area contributed by atoms with E-state index in [-0.39, 0.29) is 11.3 Å². The van der Waals surface area contributed by atoms with Crippen LogP contribution in [0.4, 0.5) is 5.69 Å². The van der Waals surface area contributed by atoms with E-state index >= 15 is 0 Å². The van der Waals surface area contributed by atoms with Crippen molar-refractivity contribution in [1.29, 1.82) is 0 Å². The molecule has 0 bridgehead atoms. The molecule has 0 saturated carbocycles. The summed E-state index contributed by atoms with van der Waals surface area (Å²) in [6.07, 6.45) is 4.67. The third kappa shape index (κ3) is 3.56. The lowest BCUT2D eigenvalue weighted by Crippen LogP contribution is -2.07. The molecule has 0 unspecified atom stereocenters. The fraction of sp³-hybridized carbons (Fsp3) is 0.0500. The van der Waals surface area contributed by atoms with E-state index in [0.717, 1.165) is 11.1 Å². The maximum atomic E-state index is 11.8. The second-order valence-electron chi connectivity index (χ2n) is 6.00. The Hall–Kier alpha value is -4.07. The number of nitrogens with zero attached hydrogens (tertiary/aromatic N) is 4. The lowest BCUT2D eigenvalue weighted by Gasteiger charge is -1.99. The van der Waals surface area contributed by atoms with Crippen molar-refractivity contribution in [3.05, 3.63) is 76.6 Å². The number of hydrogen-bond acceptors (Lipinski definition) is 7. The van der Waals surface area contributed by atoms with Gasteiger partial charge in [-0.15, -0.1) is 0 Å². The first-order chi connectivity index (χ1) is 13.6. The number of aromatic nitrogens is 4. The van der Waals surface area contributed by atoms with E-state index < -0.39 is 5.63 Å². The van der Waals surface area contributed by atoms with Crippen LogP contribution in [0, 0.1) is 6.92 Å². The minimum Gasteiger partial charge on any atom is -0.507 e. The Bertz CT molecular complexity index is 1190. The Labute approximate surface area is 159 Å². The molecule has 4 rings (SSSR count). The largest absolute Gasteiger partial charge is 0.507 e. The lowest BCUT2D eigenvalue weighted by molar-refractivity contribution is 0.433. The molecule has 138 valence electrons. The number of benzene rings is 1. The molecule has 3 heterocycles. The van der Waals surface area contributed by atoms with E-state index in [4.69, 9.17) is 4.42 Å². The summed E-state index contributed by atoms with van der Waals surface area (Å²) < 4.78 is 4.96. The molecule has 8 heteroatoms. The zero-order chi connectivity index (χ0) is 19.5.